The molecule has 1 atom stereocenters. The van der Waals surface area contributed by atoms with Gasteiger partial charge in [-0.05, 0) is 30.5 Å². The summed E-state index contributed by atoms with van der Waals surface area (Å²) in [7, 11) is 1.76. The molecule has 0 aliphatic rings. The molecule has 0 bridgehead atoms. The zero-order chi connectivity index (χ0) is 20.4. The summed E-state index contributed by atoms with van der Waals surface area (Å²) in [6.07, 6.45) is 0. The summed E-state index contributed by atoms with van der Waals surface area (Å²) in [6, 6.07) is 20.1. The van der Waals surface area contributed by atoms with E-state index < -0.39 is 5.25 Å². The van der Waals surface area contributed by atoms with Crippen LogP contribution in [0, 0.1) is 5.82 Å². The van der Waals surface area contributed by atoms with Gasteiger partial charge in [0, 0.05) is 18.1 Å². The fourth-order valence-corrected chi connectivity index (χ4v) is 3.89. The van der Waals surface area contributed by atoms with E-state index in [1.807, 2.05) is 49.4 Å². The molecule has 0 unspecified atom stereocenters. The number of benzene rings is 3. The molecule has 0 saturated heterocycles. The van der Waals surface area contributed by atoms with Crippen molar-refractivity contribution in [2.45, 2.75) is 17.3 Å². The standard InChI is InChI=1S/C22H19FN4OS/c1-14(21(28)24-19-13-7-9-15-8-3-4-10-16(15)19)29-22-26-25-20(27(22)2)17-11-5-6-12-18(17)23/h3-14H,1-2H3,(H,24,28)/t14-/m1/s1. The number of fused-ring (bicyclic) bond motifs is 1. The zero-order valence-electron chi connectivity index (χ0n) is 16.0. The minimum Gasteiger partial charge on any atom is -0.325 e. The number of hydrogen-bond donors (Lipinski definition) is 1. The molecule has 0 aliphatic carbocycles. The molecule has 0 fully saturated rings. The van der Waals surface area contributed by atoms with E-state index in [1.54, 1.807) is 29.8 Å². The third-order valence-electron chi connectivity index (χ3n) is 4.65. The first-order valence-corrected chi connectivity index (χ1v) is 10.0. The van der Waals surface area contributed by atoms with E-state index in [1.165, 1.54) is 17.8 Å². The first-order valence-electron chi connectivity index (χ1n) is 9.14. The highest BCUT2D eigenvalue weighted by molar-refractivity contribution is 8.00. The molecule has 0 spiro atoms. The summed E-state index contributed by atoms with van der Waals surface area (Å²) in [6.45, 7) is 1.81. The summed E-state index contributed by atoms with van der Waals surface area (Å²) in [5.74, 6) is -0.0737. The molecule has 0 aliphatic heterocycles. The normalized spacial score (nSPS) is 12.1. The Bertz CT molecular complexity index is 1190. The van der Waals surface area contributed by atoms with E-state index in [4.69, 9.17) is 0 Å². The molecule has 0 saturated carbocycles. The molecular formula is C22H19FN4OS. The maximum absolute atomic E-state index is 14.1. The predicted molar refractivity (Wildman–Crippen MR) is 114 cm³/mol. The molecule has 7 heteroatoms. The van der Waals surface area contributed by atoms with E-state index in [-0.39, 0.29) is 11.7 Å². The highest BCUT2D eigenvalue weighted by atomic mass is 32.2. The largest absolute Gasteiger partial charge is 0.325 e. The minimum atomic E-state index is -0.412. The van der Waals surface area contributed by atoms with Crippen molar-refractivity contribution in [1.82, 2.24) is 14.8 Å². The highest BCUT2D eigenvalue weighted by Gasteiger charge is 2.21. The second-order valence-corrected chi connectivity index (χ2v) is 7.93. The van der Waals surface area contributed by atoms with Crippen LogP contribution in [0.4, 0.5) is 10.1 Å². The molecule has 3 aromatic carbocycles. The van der Waals surface area contributed by atoms with Gasteiger partial charge in [0.25, 0.3) is 0 Å². The second-order valence-electron chi connectivity index (χ2n) is 6.62. The number of nitrogens with zero attached hydrogens (tertiary/aromatic N) is 3. The summed E-state index contributed by atoms with van der Waals surface area (Å²) in [5, 5.41) is 13.4. The first kappa shape index (κ1) is 19.1. The summed E-state index contributed by atoms with van der Waals surface area (Å²) < 4.78 is 15.8. The zero-order valence-corrected chi connectivity index (χ0v) is 16.8. The molecule has 29 heavy (non-hydrogen) atoms. The van der Waals surface area contributed by atoms with E-state index in [9.17, 15) is 9.18 Å². The van der Waals surface area contributed by atoms with Crippen LogP contribution in [-0.2, 0) is 11.8 Å². The summed E-state index contributed by atoms with van der Waals surface area (Å²) >= 11 is 1.28. The van der Waals surface area contributed by atoms with Gasteiger partial charge in [-0.2, -0.15) is 0 Å². The van der Waals surface area contributed by atoms with Crippen molar-refractivity contribution in [3.05, 3.63) is 72.5 Å². The molecule has 146 valence electrons. The average molecular weight is 406 g/mol. The lowest BCUT2D eigenvalue weighted by molar-refractivity contribution is -0.115. The predicted octanol–water partition coefficient (Wildman–Crippen LogP) is 4.89. The number of thioether (sulfide) groups is 1. The smallest absolute Gasteiger partial charge is 0.237 e. The van der Waals surface area contributed by atoms with Gasteiger partial charge in [0.2, 0.25) is 5.91 Å². The van der Waals surface area contributed by atoms with Crippen molar-refractivity contribution in [2.24, 2.45) is 7.05 Å². The number of rotatable bonds is 5. The van der Waals surface area contributed by atoms with Crippen LogP contribution in [0.2, 0.25) is 0 Å². The molecule has 1 amide bonds. The third-order valence-corrected chi connectivity index (χ3v) is 5.78. The van der Waals surface area contributed by atoms with Gasteiger partial charge < -0.3 is 9.88 Å². The molecule has 1 N–H and O–H groups in total. The Balaban J connectivity index is 1.52. The van der Waals surface area contributed by atoms with Gasteiger partial charge in [0.1, 0.15) is 5.82 Å². The van der Waals surface area contributed by atoms with Crippen molar-refractivity contribution in [1.29, 1.82) is 0 Å². The van der Waals surface area contributed by atoms with Crippen molar-refractivity contribution >= 4 is 34.1 Å². The maximum atomic E-state index is 14.1. The minimum absolute atomic E-state index is 0.137. The molecule has 5 nitrogen and oxygen atoms in total. The van der Waals surface area contributed by atoms with Crippen LogP contribution in [0.15, 0.2) is 71.9 Å². The van der Waals surface area contributed by atoms with Crippen LogP contribution in [0.5, 0.6) is 0 Å². The fourth-order valence-electron chi connectivity index (χ4n) is 3.08. The van der Waals surface area contributed by atoms with Gasteiger partial charge in [0.15, 0.2) is 11.0 Å². The monoisotopic (exact) mass is 406 g/mol. The number of nitrogens with one attached hydrogen (secondary N) is 1. The lowest BCUT2D eigenvalue weighted by Crippen LogP contribution is -2.23. The molecule has 0 radical (unpaired) electrons. The number of carbonyl (C=O) groups excluding carboxylic acids is 1. The van der Waals surface area contributed by atoms with Crippen LogP contribution in [0.25, 0.3) is 22.2 Å². The van der Waals surface area contributed by atoms with Gasteiger partial charge in [-0.1, -0.05) is 60.3 Å². The average Bonchev–Trinajstić information content (AvgIpc) is 3.08. The number of anilines is 1. The van der Waals surface area contributed by atoms with E-state index in [0.717, 1.165) is 16.5 Å². The van der Waals surface area contributed by atoms with Crippen molar-refractivity contribution in [2.75, 3.05) is 5.32 Å². The van der Waals surface area contributed by atoms with Crippen molar-refractivity contribution in [3.63, 3.8) is 0 Å². The molecular weight excluding hydrogens is 387 g/mol. The highest BCUT2D eigenvalue weighted by Crippen LogP contribution is 2.28. The van der Waals surface area contributed by atoms with Crippen LogP contribution < -0.4 is 5.32 Å². The lowest BCUT2D eigenvalue weighted by Gasteiger charge is -2.13. The summed E-state index contributed by atoms with van der Waals surface area (Å²) in [4.78, 5) is 12.8. The fraction of sp³-hybridized carbons (Fsp3) is 0.136. The van der Waals surface area contributed by atoms with Crippen LogP contribution in [0.1, 0.15) is 6.92 Å². The van der Waals surface area contributed by atoms with E-state index in [2.05, 4.69) is 15.5 Å². The maximum Gasteiger partial charge on any atom is 0.237 e. The molecule has 1 aromatic heterocycles. The van der Waals surface area contributed by atoms with Gasteiger partial charge in [-0.15, -0.1) is 10.2 Å². The van der Waals surface area contributed by atoms with Gasteiger partial charge >= 0.3 is 0 Å². The van der Waals surface area contributed by atoms with Crippen molar-refractivity contribution < 1.29 is 9.18 Å². The van der Waals surface area contributed by atoms with E-state index >= 15 is 0 Å². The number of aromatic nitrogens is 3. The first-order chi connectivity index (χ1) is 14.0. The Labute approximate surface area is 172 Å². The molecule has 1 heterocycles. The Hall–Kier alpha value is -3.19. The van der Waals surface area contributed by atoms with Crippen LogP contribution in [0.3, 0.4) is 0 Å². The Morgan fingerprint density at radius 1 is 1.03 bits per heavy atom. The Morgan fingerprint density at radius 2 is 1.76 bits per heavy atom. The number of halogens is 1. The third kappa shape index (κ3) is 3.86. The topological polar surface area (TPSA) is 59.8 Å². The number of amides is 1. The molecule has 4 rings (SSSR count). The van der Waals surface area contributed by atoms with E-state index in [0.29, 0.717) is 16.5 Å². The SMILES string of the molecule is C[C@@H](Sc1nnc(-c2ccccc2F)n1C)C(=O)Nc1cccc2ccccc12. The van der Waals surface area contributed by atoms with Gasteiger partial charge in [-0.25, -0.2) is 4.39 Å². The molecule has 4 aromatic rings. The van der Waals surface area contributed by atoms with Crippen LogP contribution in [-0.4, -0.2) is 25.9 Å². The number of carbonyl (C=O) groups is 1. The van der Waals surface area contributed by atoms with Crippen LogP contribution >= 0.6 is 11.8 Å². The Kier molecular flexibility index (Phi) is 5.31. The lowest BCUT2D eigenvalue weighted by atomic mass is 10.1. The summed E-state index contributed by atoms with van der Waals surface area (Å²) in [5.41, 5.74) is 1.15. The van der Waals surface area contributed by atoms with Gasteiger partial charge in [0.05, 0.1) is 10.8 Å². The number of hydrogen-bond acceptors (Lipinski definition) is 4. The van der Waals surface area contributed by atoms with Crippen molar-refractivity contribution in [3.8, 4) is 11.4 Å². The van der Waals surface area contributed by atoms with Gasteiger partial charge in [-0.3, -0.25) is 4.79 Å². The quantitative estimate of drug-likeness (QED) is 0.479. The second kappa shape index (κ2) is 8.05. The Morgan fingerprint density at radius 3 is 2.59 bits per heavy atom.